The number of hydrogen-bond acceptors (Lipinski definition) is 5. The van der Waals surface area contributed by atoms with Crippen molar-refractivity contribution in [3.8, 4) is 6.07 Å². The van der Waals surface area contributed by atoms with Crippen molar-refractivity contribution in [1.29, 1.82) is 5.26 Å². The average molecular weight is 472 g/mol. The molecule has 5 nitrogen and oxygen atoms in total. The molecule has 1 aliphatic heterocycles. The van der Waals surface area contributed by atoms with Gasteiger partial charge in [0, 0.05) is 35.1 Å². The minimum absolute atomic E-state index is 0.0878. The summed E-state index contributed by atoms with van der Waals surface area (Å²) < 4.78 is 5.62. The first-order valence-corrected chi connectivity index (χ1v) is 12.6. The molecule has 1 aromatic heterocycles. The van der Waals surface area contributed by atoms with E-state index in [-0.39, 0.29) is 17.4 Å². The van der Waals surface area contributed by atoms with Gasteiger partial charge in [0.15, 0.2) is 0 Å². The number of fused-ring (bicyclic) bond motifs is 1. The van der Waals surface area contributed by atoms with Crippen molar-refractivity contribution in [1.82, 2.24) is 5.32 Å². The Morgan fingerprint density at radius 2 is 1.94 bits per heavy atom. The van der Waals surface area contributed by atoms with Gasteiger partial charge in [-0.25, -0.2) is 0 Å². The van der Waals surface area contributed by atoms with Crippen LogP contribution < -0.4 is 10.6 Å². The Bertz CT molecular complexity index is 990. The molecule has 2 N–H and O–H groups in total. The smallest absolute Gasteiger partial charge is 0.241 e. The van der Waals surface area contributed by atoms with Crippen molar-refractivity contribution < 1.29 is 9.53 Å². The zero-order valence-electron chi connectivity index (χ0n) is 18.5. The number of rotatable bonds is 6. The van der Waals surface area contributed by atoms with Crippen LogP contribution in [0, 0.1) is 11.3 Å². The molecule has 0 bridgehead atoms. The van der Waals surface area contributed by atoms with Crippen LogP contribution in [0.5, 0.6) is 0 Å². The van der Waals surface area contributed by atoms with Crippen molar-refractivity contribution >= 4 is 33.8 Å². The number of nitriles is 1. The fourth-order valence-corrected chi connectivity index (χ4v) is 6.11. The van der Waals surface area contributed by atoms with E-state index in [1.165, 1.54) is 16.9 Å². The first-order valence-electron chi connectivity index (χ1n) is 11.4. The highest BCUT2D eigenvalue weighted by Gasteiger charge is 2.35. The van der Waals surface area contributed by atoms with Crippen LogP contribution in [0.1, 0.15) is 60.6 Å². The highest BCUT2D eigenvalue weighted by Crippen LogP contribution is 2.37. The van der Waals surface area contributed by atoms with E-state index in [1.54, 1.807) is 11.3 Å². The molecule has 2 aromatic rings. The largest absolute Gasteiger partial charge is 0.381 e. The molecule has 0 spiro atoms. The zero-order chi connectivity index (χ0) is 22.6. The van der Waals surface area contributed by atoms with E-state index in [2.05, 4.69) is 28.8 Å². The minimum atomic E-state index is -0.379. The van der Waals surface area contributed by atoms with Gasteiger partial charge in [-0.3, -0.25) is 4.79 Å². The normalized spacial score (nSPS) is 18.8. The van der Waals surface area contributed by atoms with Gasteiger partial charge in [-0.2, -0.15) is 5.26 Å². The molecule has 1 amide bonds. The van der Waals surface area contributed by atoms with Gasteiger partial charge < -0.3 is 15.4 Å². The lowest BCUT2D eigenvalue weighted by molar-refractivity contribution is -0.117. The molecule has 170 valence electrons. The van der Waals surface area contributed by atoms with E-state index in [9.17, 15) is 10.1 Å². The fraction of sp³-hybridized carbons (Fsp3) is 0.520. The molecule has 4 rings (SSSR count). The molecule has 2 heterocycles. The van der Waals surface area contributed by atoms with Gasteiger partial charge >= 0.3 is 0 Å². The van der Waals surface area contributed by atoms with Crippen LogP contribution >= 0.6 is 22.9 Å². The molecule has 2 aliphatic rings. The molecule has 0 radical (unpaired) electrons. The summed E-state index contributed by atoms with van der Waals surface area (Å²) in [5.74, 6) is -0.101. The van der Waals surface area contributed by atoms with Crippen LogP contribution in [0.4, 0.5) is 5.00 Å². The summed E-state index contributed by atoms with van der Waals surface area (Å²) in [6.45, 7) is 3.97. The number of carbonyl (C=O) groups excluding carboxylic acids is 1. The third-order valence-corrected chi connectivity index (χ3v) is 8.28. The molecule has 0 saturated carbocycles. The van der Waals surface area contributed by atoms with Crippen molar-refractivity contribution in [2.24, 2.45) is 0 Å². The number of hydrogen-bond donors (Lipinski definition) is 2. The Morgan fingerprint density at radius 1 is 1.22 bits per heavy atom. The fourth-order valence-electron chi connectivity index (χ4n) is 4.74. The Morgan fingerprint density at radius 3 is 2.66 bits per heavy atom. The number of halogens is 1. The second-order valence-corrected chi connectivity index (χ2v) is 10.4. The number of nitrogens with zero attached hydrogens (tertiary/aromatic N) is 1. The summed E-state index contributed by atoms with van der Waals surface area (Å²) in [6.07, 6.45) is 7.20. The summed E-state index contributed by atoms with van der Waals surface area (Å²) in [5.41, 5.74) is 2.94. The summed E-state index contributed by atoms with van der Waals surface area (Å²) in [5, 5.41) is 17.7. The van der Waals surface area contributed by atoms with E-state index in [4.69, 9.17) is 16.3 Å². The lowest BCUT2D eigenvalue weighted by atomic mass is 9.74. The molecule has 1 saturated heterocycles. The van der Waals surface area contributed by atoms with Gasteiger partial charge in [-0.15, -0.1) is 11.3 Å². The molecule has 32 heavy (non-hydrogen) atoms. The van der Waals surface area contributed by atoms with Crippen molar-refractivity contribution in [2.45, 2.75) is 63.3 Å². The van der Waals surface area contributed by atoms with Crippen LogP contribution in [-0.2, 0) is 27.8 Å². The third-order valence-electron chi connectivity index (χ3n) is 6.82. The molecule has 1 atom stereocenters. The first-order chi connectivity index (χ1) is 15.5. The number of carbonyl (C=O) groups is 1. The van der Waals surface area contributed by atoms with Gasteiger partial charge in [-0.1, -0.05) is 30.2 Å². The van der Waals surface area contributed by atoms with Gasteiger partial charge in [0.1, 0.15) is 11.1 Å². The molecule has 1 unspecified atom stereocenters. The molecule has 1 fully saturated rings. The van der Waals surface area contributed by atoms with E-state index in [0.29, 0.717) is 30.3 Å². The number of nitrogens with one attached hydrogen (secondary N) is 2. The molecular weight excluding hydrogens is 442 g/mol. The predicted octanol–water partition coefficient (Wildman–Crippen LogP) is 5.21. The number of ether oxygens (including phenoxy) is 1. The maximum atomic E-state index is 13.0. The topological polar surface area (TPSA) is 74.2 Å². The molecule has 7 heteroatoms. The van der Waals surface area contributed by atoms with Gasteiger partial charge in [0.05, 0.1) is 11.6 Å². The van der Waals surface area contributed by atoms with Crippen LogP contribution in [0.15, 0.2) is 24.3 Å². The highest BCUT2D eigenvalue weighted by molar-refractivity contribution is 7.16. The van der Waals surface area contributed by atoms with E-state index >= 15 is 0 Å². The molecule has 1 aliphatic carbocycles. The second-order valence-electron chi connectivity index (χ2n) is 8.87. The van der Waals surface area contributed by atoms with Gasteiger partial charge in [0.2, 0.25) is 5.91 Å². The Hall–Kier alpha value is -1.91. The van der Waals surface area contributed by atoms with Crippen molar-refractivity contribution in [2.75, 3.05) is 25.1 Å². The maximum absolute atomic E-state index is 13.0. The summed E-state index contributed by atoms with van der Waals surface area (Å²) in [4.78, 5) is 14.3. The van der Waals surface area contributed by atoms with Crippen LogP contribution in [-0.4, -0.2) is 31.7 Å². The first kappa shape index (κ1) is 23.3. The molecular formula is C25H30ClN3O2S. The Balaban J connectivity index is 1.44. The highest BCUT2D eigenvalue weighted by atomic mass is 35.5. The van der Waals surface area contributed by atoms with E-state index < -0.39 is 0 Å². The number of aryl methyl sites for hydroxylation is 1. The minimum Gasteiger partial charge on any atom is -0.381 e. The Labute approximate surface area is 199 Å². The van der Waals surface area contributed by atoms with E-state index in [0.717, 1.165) is 49.1 Å². The van der Waals surface area contributed by atoms with Crippen LogP contribution in [0.25, 0.3) is 0 Å². The Kier molecular flexibility index (Phi) is 7.52. The van der Waals surface area contributed by atoms with Crippen LogP contribution in [0.2, 0.25) is 5.02 Å². The zero-order valence-corrected chi connectivity index (χ0v) is 20.1. The third kappa shape index (κ3) is 5.02. The van der Waals surface area contributed by atoms with Crippen molar-refractivity contribution in [3.63, 3.8) is 0 Å². The quantitative estimate of drug-likeness (QED) is 0.567. The summed E-state index contributed by atoms with van der Waals surface area (Å²) >= 11 is 7.68. The number of amides is 1. The lowest BCUT2D eigenvalue weighted by Crippen LogP contribution is -2.48. The number of thiophene rings is 1. The SMILES string of the molecule is CC(NCC1(c2ccc(Cl)cc2)CCOCC1)C(=O)Nc1sc2c(c1C#N)CCCCC2. The van der Waals surface area contributed by atoms with Crippen molar-refractivity contribution in [3.05, 3.63) is 50.9 Å². The average Bonchev–Trinajstić information content (AvgIpc) is 2.97. The lowest BCUT2D eigenvalue weighted by Gasteiger charge is -2.38. The monoisotopic (exact) mass is 471 g/mol. The molecule has 1 aromatic carbocycles. The maximum Gasteiger partial charge on any atom is 0.241 e. The van der Waals surface area contributed by atoms with E-state index in [1.807, 2.05) is 19.1 Å². The van der Waals surface area contributed by atoms with Gasteiger partial charge in [-0.05, 0) is 68.7 Å². The predicted molar refractivity (Wildman–Crippen MR) is 130 cm³/mol. The second kappa shape index (κ2) is 10.4. The summed E-state index contributed by atoms with van der Waals surface area (Å²) in [7, 11) is 0. The number of anilines is 1. The summed E-state index contributed by atoms with van der Waals surface area (Å²) in [6, 6.07) is 9.98. The van der Waals surface area contributed by atoms with Crippen LogP contribution in [0.3, 0.4) is 0 Å². The van der Waals surface area contributed by atoms with Gasteiger partial charge in [0.25, 0.3) is 0 Å². The number of benzene rings is 1. The standard InChI is InChI=1S/C25H30ClN3O2S/c1-17(23(30)29-24-21(15-27)20-5-3-2-4-6-22(20)32-24)28-16-25(11-13-31-14-12-25)18-7-9-19(26)10-8-18/h7-10,17,28H,2-6,11-14,16H2,1H3,(H,29,30).